The van der Waals surface area contributed by atoms with E-state index in [0.29, 0.717) is 23.6 Å². The molecular formula is C13H11N7O. The van der Waals surface area contributed by atoms with Gasteiger partial charge >= 0.3 is 0 Å². The summed E-state index contributed by atoms with van der Waals surface area (Å²) in [6, 6.07) is 9.06. The molecule has 2 aromatic rings. The first kappa shape index (κ1) is 14.0. The number of nitrogens with zero attached hydrogens (tertiary/aromatic N) is 5. The van der Waals surface area contributed by atoms with Crippen molar-refractivity contribution in [2.24, 2.45) is 0 Å². The van der Waals surface area contributed by atoms with Crippen molar-refractivity contribution in [2.75, 3.05) is 11.9 Å². The molecular weight excluding hydrogens is 270 g/mol. The fraction of sp³-hybridized carbons (Fsp3) is 0.154. The Balaban J connectivity index is 2.22. The van der Waals surface area contributed by atoms with Gasteiger partial charge < -0.3 is 10.1 Å². The monoisotopic (exact) mass is 281 g/mol. The van der Waals surface area contributed by atoms with Crippen LogP contribution in [0.4, 0.5) is 5.69 Å². The predicted octanol–water partition coefficient (Wildman–Crippen LogP) is 1.45. The largest absolute Gasteiger partial charge is 0.492 e. The number of aromatic nitrogens is 4. The molecule has 21 heavy (non-hydrogen) atoms. The number of allylic oxidation sites excluding steroid dienone is 1. The van der Waals surface area contributed by atoms with E-state index in [1.807, 2.05) is 13.0 Å². The van der Waals surface area contributed by atoms with Gasteiger partial charge in [-0.05, 0) is 24.3 Å². The minimum Gasteiger partial charge on any atom is -0.492 e. The van der Waals surface area contributed by atoms with Gasteiger partial charge in [-0.2, -0.15) is 15.7 Å². The van der Waals surface area contributed by atoms with Crippen LogP contribution in [0.2, 0.25) is 0 Å². The zero-order valence-electron chi connectivity index (χ0n) is 11.2. The Morgan fingerprint density at radius 2 is 2.33 bits per heavy atom. The third kappa shape index (κ3) is 3.33. The van der Waals surface area contributed by atoms with Gasteiger partial charge in [-0.25, -0.2) is 0 Å². The summed E-state index contributed by atoms with van der Waals surface area (Å²) in [6.45, 7) is 2.30. The Kier molecular flexibility index (Phi) is 4.46. The molecule has 8 nitrogen and oxygen atoms in total. The number of hydrogen-bond acceptors (Lipinski definition) is 7. The summed E-state index contributed by atoms with van der Waals surface area (Å²) in [6.07, 6.45) is 1.46. The van der Waals surface area contributed by atoms with Gasteiger partial charge in [-0.3, -0.25) is 0 Å². The molecule has 0 amide bonds. The molecule has 2 N–H and O–H groups in total. The Hall–Kier alpha value is -3.39. The van der Waals surface area contributed by atoms with Crippen molar-refractivity contribution in [3.8, 4) is 17.9 Å². The Bertz CT molecular complexity index is 722. The molecule has 1 aromatic heterocycles. The molecule has 0 aliphatic heterocycles. The third-order valence-electron chi connectivity index (χ3n) is 2.49. The molecule has 2 rings (SSSR count). The molecule has 1 aromatic carbocycles. The van der Waals surface area contributed by atoms with E-state index in [2.05, 4.69) is 32.0 Å². The quantitative estimate of drug-likeness (QED) is 0.795. The van der Waals surface area contributed by atoms with Crippen LogP contribution in [0.15, 0.2) is 24.4 Å². The minimum absolute atomic E-state index is 0.198. The van der Waals surface area contributed by atoms with E-state index in [9.17, 15) is 0 Å². The van der Waals surface area contributed by atoms with Crippen LogP contribution in [-0.2, 0) is 0 Å². The number of aromatic amines is 1. The van der Waals surface area contributed by atoms with Gasteiger partial charge in [0, 0.05) is 18.0 Å². The molecule has 0 saturated carbocycles. The summed E-state index contributed by atoms with van der Waals surface area (Å²) in [5, 5.41) is 34.1. The second kappa shape index (κ2) is 6.68. The zero-order chi connectivity index (χ0) is 15.1. The van der Waals surface area contributed by atoms with Crippen LogP contribution in [-0.4, -0.2) is 27.2 Å². The van der Waals surface area contributed by atoms with Crippen molar-refractivity contribution in [1.29, 1.82) is 10.5 Å². The van der Waals surface area contributed by atoms with Crippen molar-refractivity contribution in [3.05, 3.63) is 35.8 Å². The fourth-order valence-corrected chi connectivity index (χ4v) is 1.56. The third-order valence-corrected chi connectivity index (χ3v) is 2.49. The van der Waals surface area contributed by atoms with Gasteiger partial charge in [0.05, 0.1) is 12.2 Å². The summed E-state index contributed by atoms with van der Waals surface area (Å²) < 4.78 is 5.39. The van der Waals surface area contributed by atoms with Crippen LogP contribution in [0.5, 0.6) is 5.75 Å². The van der Waals surface area contributed by atoms with Gasteiger partial charge in [0.1, 0.15) is 23.5 Å². The smallest absolute Gasteiger partial charge is 0.216 e. The number of anilines is 1. The summed E-state index contributed by atoms with van der Waals surface area (Å²) in [5.41, 5.74) is 1.35. The summed E-state index contributed by atoms with van der Waals surface area (Å²) in [4.78, 5) is 0. The standard InChI is InChI=1S/C13H11N7O/c1-2-21-12-5-11(4-3-9(12)6-14)16-8-10(7-15)13-17-19-20-18-13/h3-5,8,16H,2H2,1H3,(H,17,18,19,20). The highest BCUT2D eigenvalue weighted by Crippen LogP contribution is 2.23. The van der Waals surface area contributed by atoms with Crippen LogP contribution in [0, 0.1) is 22.7 Å². The fourth-order valence-electron chi connectivity index (χ4n) is 1.56. The molecule has 1 heterocycles. The highest BCUT2D eigenvalue weighted by atomic mass is 16.5. The number of nitrogens with one attached hydrogen (secondary N) is 2. The lowest BCUT2D eigenvalue weighted by Gasteiger charge is -2.08. The number of nitriles is 2. The first-order valence-electron chi connectivity index (χ1n) is 6.06. The van der Waals surface area contributed by atoms with Crippen molar-refractivity contribution in [1.82, 2.24) is 20.6 Å². The molecule has 0 atom stereocenters. The number of H-pyrrole nitrogens is 1. The Labute approximate surface area is 120 Å². The summed E-state index contributed by atoms with van der Waals surface area (Å²) in [7, 11) is 0. The van der Waals surface area contributed by atoms with Crippen molar-refractivity contribution in [3.63, 3.8) is 0 Å². The van der Waals surface area contributed by atoms with E-state index in [0.717, 1.165) is 0 Å². The number of tetrazole rings is 1. The molecule has 0 saturated heterocycles. The molecule has 0 radical (unpaired) electrons. The van der Waals surface area contributed by atoms with Gasteiger partial charge in [0.2, 0.25) is 5.82 Å². The van der Waals surface area contributed by atoms with E-state index in [1.54, 1.807) is 18.2 Å². The molecule has 0 fully saturated rings. The maximum atomic E-state index is 9.05. The lowest BCUT2D eigenvalue weighted by atomic mass is 10.2. The van der Waals surface area contributed by atoms with Crippen LogP contribution >= 0.6 is 0 Å². The van der Waals surface area contributed by atoms with Crippen molar-refractivity contribution >= 4 is 11.3 Å². The zero-order valence-corrected chi connectivity index (χ0v) is 11.2. The maximum Gasteiger partial charge on any atom is 0.216 e. The molecule has 0 bridgehead atoms. The lowest BCUT2D eigenvalue weighted by Crippen LogP contribution is -1.97. The topological polar surface area (TPSA) is 123 Å². The van der Waals surface area contributed by atoms with E-state index in [-0.39, 0.29) is 11.4 Å². The first-order valence-corrected chi connectivity index (χ1v) is 6.06. The SMILES string of the molecule is CCOc1cc(NC=C(C#N)c2nn[nH]n2)ccc1C#N. The summed E-state index contributed by atoms with van der Waals surface area (Å²) in [5.74, 6) is 0.681. The molecule has 8 heteroatoms. The number of ether oxygens (including phenoxy) is 1. The van der Waals surface area contributed by atoms with Gasteiger partial charge in [-0.1, -0.05) is 0 Å². The molecule has 0 aliphatic rings. The Morgan fingerprint density at radius 1 is 1.48 bits per heavy atom. The highest BCUT2D eigenvalue weighted by molar-refractivity contribution is 5.74. The number of hydrogen-bond donors (Lipinski definition) is 2. The van der Waals surface area contributed by atoms with Gasteiger partial charge in [0.15, 0.2) is 0 Å². The number of benzene rings is 1. The normalized spacial score (nSPS) is 10.5. The molecule has 0 unspecified atom stereocenters. The van der Waals surface area contributed by atoms with Gasteiger partial charge in [-0.15, -0.1) is 10.2 Å². The highest BCUT2D eigenvalue weighted by Gasteiger charge is 2.07. The molecule has 104 valence electrons. The maximum absolute atomic E-state index is 9.05. The van der Waals surface area contributed by atoms with Crippen LogP contribution in [0.3, 0.4) is 0 Å². The Morgan fingerprint density at radius 3 is 2.95 bits per heavy atom. The van der Waals surface area contributed by atoms with Crippen molar-refractivity contribution < 1.29 is 4.74 Å². The van der Waals surface area contributed by atoms with E-state index >= 15 is 0 Å². The van der Waals surface area contributed by atoms with Crippen LogP contribution in [0.25, 0.3) is 5.57 Å². The lowest BCUT2D eigenvalue weighted by molar-refractivity contribution is 0.339. The predicted molar refractivity (Wildman–Crippen MR) is 73.7 cm³/mol. The number of rotatable bonds is 5. The van der Waals surface area contributed by atoms with E-state index in [1.165, 1.54) is 6.20 Å². The average molecular weight is 281 g/mol. The second-order valence-corrected chi connectivity index (χ2v) is 3.81. The first-order chi connectivity index (χ1) is 10.3. The van der Waals surface area contributed by atoms with Gasteiger partial charge in [0.25, 0.3) is 0 Å². The van der Waals surface area contributed by atoms with Crippen LogP contribution < -0.4 is 10.1 Å². The average Bonchev–Trinajstić information content (AvgIpc) is 3.03. The molecule has 0 spiro atoms. The van der Waals surface area contributed by atoms with E-state index < -0.39 is 0 Å². The van der Waals surface area contributed by atoms with Crippen molar-refractivity contribution in [2.45, 2.75) is 6.92 Å². The van der Waals surface area contributed by atoms with E-state index in [4.69, 9.17) is 15.3 Å². The summed E-state index contributed by atoms with van der Waals surface area (Å²) >= 11 is 0. The van der Waals surface area contributed by atoms with Crippen LogP contribution in [0.1, 0.15) is 18.3 Å². The molecule has 0 aliphatic carbocycles. The second-order valence-electron chi connectivity index (χ2n) is 3.81. The minimum atomic E-state index is 0.198.